The van der Waals surface area contributed by atoms with Gasteiger partial charge in [0.1, 0.15) is 0 Å². The average Bonchev–Trinajstić information content (AvgIpc) is 2.68. The van der Waals surface area contributed by atoms with Gasteiger partial charge in [0.25, 0.3) is 0 Å². The van der Waals surface area contributed by atoms with Crippen molar-refractivity contribution >= 4 is 10.9 Å². The number of fused-ring (bicyclic) bond motifs is 1. The molecule has 1 aromatic heterocycles. The molecule has 0 radical (unpaired) electrons. The maximum atomic E-state index is 8.68. The number of hydrogen-bond acceptors (Lipinski definition) is 2. The zero-order chi connectivity index (χ0) is 13.2. The van der Waals surface area contributed by atoms with Crippen LogP contribution in [0.5, 0.6) is 0 Å². The molecular weight excluding hydrogens is 222 g/mol. The highest BCUT2D eigenvalue weighted by atomic mass is 14.7. The van der Waals surface area contributed by atoms with Crippen molar-refractivity contribution < 1.29 is 0 Å². The van der Waals surface area contributed by atoms with Gasteiger partial charge in [-0.2, -0.15) is 5.26 Å². The fraction of sp³-hybridized carbons (Fsp3) is 0.400. The van der Waals surface area contributed by atoms with Crippen molar-refractivity contribution in [2.45, 2.75) is 38.6 Å². The van der Waals surface area contributed by atoms with Gasteiger partial charge in [-0.25, -0.2) is 0 Å². The molecule has 0 saturated carbocycles. The monoisotopic (exact) mass is 241 g/mol. The van der Waals surface area contributed by atoms with Crippen LogP contribution in [0.3, 0.4) is 0 Å². The molecular formula is C15H19N3. The van der Waals surface area contributed by atoms with Crippen molar-refractivity contribution in [3.8, 4) is 6.07 Å². The first-order chi connectivity index (χ1) is 8.51. The third kappa shape index (κ3) is 2.72. The number of H-pyrrole nitrogens is 1. The zero-order valence-corrected chi connectivity index (χ0v) is 11.0. The molecule has 94 valence electrons. The number of nitrogens with two attached hydrogens (primary N) is 1. The number of para-hydroxylation sites is 1. The van der Waals surface area contributed by atoms with Crippen molar-refractivity contribution in [2.24, 2.45) is 5.73 Å². The van der Waals surface area contributed by atoms with Crippen LogP contribution in [0, 0.1) is 11.3 Å². The van der Waals surface area contributed by atoms with E-state index in [2.05, 4.69) is 29.3 Å². The maximum absolute atomic E-state index is 8.68. The van der Waals surface area contributed by atoms with E-state index in [4.69, 9.17) is 11.0 Å². The Balaban J connectivity index is 2.39. The van der Waals surface area contributed by atoms with Gasteiger partial charge in [-0.05, 0) is 37.8 Å². The van der Waals surface area contributed by atoms with Gasteiger partial charge >= 0.3 is 0 Å². The van der Waals surface area contributed by atoms with E-state index >= 15 is 0 Å². The van der Waals surface area contributed by atoms with E-state index in [-0.39, 0.29) is 5.54 Å². The van der Waals surface area contributed by atoms with Crippen molar-refractivity contribution in [1.82, 2.24) is 4.98 Å². The quantitative estimate of drug-likeness (QED) is 0.864. The zero-order valence-electron chi connectivity index (χ0n) is 11.0. The molecule has 0 aliphatic heterocycles. The number of aromatic nitrogens is 1. The van der Waals surface area contributed by atoms with Gasteiger partial charge in [0, 0.05) is 29.1 Å². The van der Waals surface area contributed by atoms with Crippen LogP contribution < -0.4 is 5.73 Å². The highest BCUT2D eigenvalue weighted by Crippen LogP contribution is 2.25. The summed E-state index contributed by atoms with van der Waals surface area (Å²) in [5, 5.41) is 9.91. The third-order valence-electron chi connectivity index (χ3n) is 3.04. The van der Waals surface area contributed by atoms with Crippen LogP contribution in [0.1, 0.15) is 31.4 Å². The van der Waals surface area contributed by atoms with Crippen molar-refractivity contribution in [1.29, 1.82) is 5.26 Å². The molecule has 18 heavy (non-hydrogen) atoms. The number of hydrogen-bond donors (Lipinski definition) is 2. The van der Waals surface area contributed by atoms with E-state index in [1.165, 1.54) is 16.5 Å². The van der Waals surface area contributed by atoms with Gasteiger partial charge in [-0.1, -0.05) is 18.2 Å². The van der Waals surface area contributed by atoms with E-state index < -0.39 is 0 Å². The van der Waals surface area contributed by atoms with E-state index in [0.29, 0.717) is 6.42 Å². The molecule has 0 amide bonds. The summed E-state index contributed by atoms with van der Waals surface area (Å²) in [7, 11) is 0. The Labute approximate surface area is 108 Å². The first-order valence-electron chi connectivity index (χ1n) is 6.25. The summed E-state index contributed by atoms with van der Waals surface area (Å²) in [6, 6.07) is 8.43. The number of nitrogens with one attached hydrogen (secondary N) is 1. The maximum Gasteiger partial charge on any atom is 0.0625 e. The van der Waals surface area contributed by atoms with Crippen LogP contribution in [0.25, 0.3) is 10.9 Å². The molecule has 2 rings (SSSR count). The Morgan fingerprint density at radius 3 is 2.78 bits per heavy atom. The molecule has 0 aliphatic rings. The molecule has 0 spiro atoms. The molecule has 0 bridgehead atoms. The van der Waals surface area contributed by atoms with Gasteiger partial charge in [-0.15, -0.1) is 0 Å². The van der Waals surface area contributed by atoms with Crippen molar-refractivity contribution in [3.63, 3.8) is 0 Å². The minimum Gasteiger partial charge on any atom is -0.361 e. The number of benzene rings is 1. The van der Waals surface area contributed by atoms with Crippen LogP contribution in [0.15, 0.2) is 24.4 Å². The molecule has 0 atom stereocenters. The standard InChI is InChI=1S/C15H19N3/c1-15(2,17)9-12-10-18-14-11(6-4-8-16)5-3-7-13(12)14/h3,5,7,10,18H,4,6,9,17H2,1-2H3. The minimum atomic E-state index is -0.211. The minimum absolute atomic E-state index is 0.211. The summed E-state index contributed by atoms with van der Waals surface area (Å²) < 4.78 is 0. The summed E-state index contributed by atoms with van der Waals surface area (Å²) in [4.78, 5) is 3.32. The lowest BCUT2D eigenvalue weighted by molar-refractivity contribution is 0.518. The smallest absolute Gasteiger partial charge is 0.0625 e. The van der Waals surface area contributed by atoms with E-state index in [1.54, 1.807) is 0 Å². The topological polar surface area (TPSA) is 65.6 Å². The fourth-order valence-electron chi connectivity index (χ4n) is 2.31. The molecule has 3 N–H and O–H groups in total. The van der Waals surface area contributed by atoms with Gasteiger partial charge in [0.05, 0.1) is 6.07 Å². The molecule has 0 fully saturated rings. The van der Waals surface area contributed by atoms with Gasteiger partial charge in [0.2, 0.25) is 0 Å². The number of nitriles is 1. The van der Waals surface area contributed by atoms with Crippen molar-refractivity contribution in [2.75, 3.05) is 0 Å². The third-order valence-corrected chi connectivity index (χ3v) is 3.04. The average molecular weight is 241 g/mol. The second kappa shape index (κ2) is 4.83. The molecule has 0 saturated heterocycles. The summed E-state index contributed by atoms with van der Waals surface area (Å²) in [6.45, 7) is 4.07. The lowest BCUT2D eigenvalue weighted by Gasteiger charge is -2.17. The Hall–Kier alpha value is -1.79. The predicted octanol–water partition coefficient (Wildman–Crippen LogP) is 2.90. The first-order valence-corrected chi connectivity index (χ1v) is 6.25. The Bertz CT molecular complexity index is 582. The van der Waals surface area contributed by atoms with Crippen LogP contribution in [0.4, 0.5) is 0 Å². The van der Waals surface area contributed by atoms with E-state index in [0.717, 1.165) is 18.4 Å². The van der Waals surface area contributed by atoms with Gasteiger partial charge in [-0.3, -0.25) is 0 Å². The largest absolute Gasteiger partial charge is 0.361 e. The lowest BCUT2D eigenvalue weighted by Crippen LogP contribution is -2.34. The van der Waals surface area contributed by atoms with Crippen molar-refractivity contribution in [3.05, 3.63) is 35.5 Å². The molecule has 0 aliphatic carbocycles. The van der Waals surface area contributed by atoms with Gasteiger partial charge in [0.15, 0.2) is 0 Å². The highest BCUT2D eigenvalue weighted by molar-refractivity contribution is 5.86. The van der Waals surface area contributed by atoms with Gasteiger partial charge < -0.3 is 10.7 Å². The number of aryl methyl sites for hydroxylation is 1. The normalized spacial score (nSPS) is 11.7. The van der Waals surface area contributed by atoms with Crippen LogP contribution in [0.2, 0.25) is 0 Å². The summed E-state index contributed by atoms with van der Waals surface area (Å²) in [5.41, 5.74) is 9.46. The van der Waals surface area contributed by atoms with Crippen LogP contribution >= 0.6 is 0 Å². The molecule has 3 nitrogen and oxygen atoms in total. The lowest BCUT2D eigenvalue weighted by atomic mass is 9.95. The number of aromatic amines is 1. The predicted molar refractivity (Wildman–Crippen MR) is 74.2 cm³/mol. The molecule has 1 aromatic carbocycles. The van der Waals surface area contributed by atoms with E-state index in [9.17, 15) is 0 Å². The Morgan fingerprint density at radius 2 is 2.11 bits per heavy atom. The number of rotatable bonds is 4. The molecule has 1 heterocycles. The molecule has 0 unspecified atom stereocenters. The van der Waals surface area contributed by atoms with E-state index in [1.807, 2.05) is 20.0 Å². The second-order valence-electron chi connectivity index (χ2n) is 5.48. The molecule has 3 heteroatoms. The van der Waals surface area contributed by atoms with Crippen LogP contribution in [-0.4, -0.2) is 10.5 Å². The summed E-state index contributed by atoms with van der Waals surface area (Å²) >= 11 is 0. The first kappa shape index (κ1) is 12.7. The van der Waals surface area contributed by atoms with Crippen LogP contribution in [-0.2, 0) is 12.8 Å². The summed E-state index contributed by atoms with van der Waals surface area (Å²) in [6.07, 6.45) is 4.22. The Morgan fingerprint density at radius 1 is 1.33 bits per heavy atom. The Kier molecular flexibility index (Phi) is 3.40. The molecule has 2 aromatic rings. The number of nitrogens with zero attached hydrogens (tertiary/aromatic N) is 1. The highest BCUT2D eigenvalue weighted by Gasteiger charge is 2.15. The summed E-state index contributed by atoms with van der Waals surface area (Å²) in [5.74, 6) is 0. The fourth-order valence-corrected chi connectivity index (χ4v) is 2.31. The SMILES string of the molecule is CC(C)(N)Cc1c[nH]c2c(CCC#N)cccc12. The second-order valence-corrected chi connectivity index (χ2v) is 5.48.